The van der Waals surface area contributed by atoms with Gasteiger partial charge in [0.05, 0.1) is 5.56 Å². The topological polar surface area (TPSA) is 12.0 Å². The maximum Gasteiger partial charge on any atom is 0.416 e. The van der Waals surface area contributed by atoms with Crippen molar-refractivity contribution >= 4 is 0 Å². The van der Waals surface area contributed by atoms with Crippen molar-refractivity contribution in [1.29, 1.82) is 0 Å². The summed E-state index contributed by atoms with van der Waals surface area (Å²) < 4.78 is 37.6. The zero-order valence-corrected chi connectivity index (χ0v) is 10.6. The standard InChI is InChI=1S/C14H18F3N/c1-3-4-8-18-11(2)9-12-6-5-7-13(10-12)14(15,16)17/h3-7,10-11,18H,8-9H2,1-2H3/b4-3+. The SMILES string of the molecule is C/C=C/CNC(C)Cc1cccc(C(F)(F)F)c1. The summed E-state index contributed by atoms with van der Waals surface area (Å²) in [6, 6.07) is 5.64. The van der Waals surface area contributed by atoms with Crippen molar-refractivity contribution in [3.05, 3.63) is 47.5 Å². The first-order chi connectivity index (χ1) is 8.43. The molecule has 0 aliphatic rings. The van der Waals surface area contributed by atoms with Crippen LogP contribution in [0.2, 0.25) is 0 Å². The number of nitrogens with one attached hydrogen (secondary N) is 1. The van der Waals surface area contributed by atoms with E-state index in [4.69, 9.17) is 0 Å². The lowest BCUT2D eigenvalue weighted by molar-refractivity contribution is -0.137. The molecule has 0 saturated carbocycles. The van der Waals surface area contributed by atoms with Crippen molar-refractivity contribution in [2.75, 3.05) is 6.54 Å². The molecule has 0 radical (unpaired) electrons. The highest BCUT2D eigenvalue weighted by molar-refractivity contribution is 5.26. The first-order valence-electron chi connectivity index (χ1n) is 5.94. The molecule has 0 fully saturated rings. The first kappa shape index (κ1) is 14.8. The van der Waals surface area contributed by atoms with Crippen molar-refractivity contribution in [2.24, 2.45) is 0 Å². The van der Waals surface area contributed by atoms with Gasteiger partial charge in [-0.15, -0.1) is 0 Å². The molecular formula is C14H18F3N. The summed E-state index contributed by atoms with van der Waals surface area (Å²) in [5.74, 6) is 0. The largest absolute Gasteiger partial charge is 0.416 e. The number of rotatable bonds is 5. The second-order valence-electron chi connectivity index (χ2n) is 4.28. The van der Waals surface area contributed by atoms with E-state index < -0.39 is 11.7 Å². The van der Waals surface area contributed by atoms with E-state index in [9.17, 15) is 13.2 Å². The maximum atomic E-state index is 12.5. The van der Waals surface area contributed by atoms with Crippen molar-refractivity contribution in [3.63, 3.8) is 0 Å². The van der Waals surface area contributed by atoms with Gasteiger partial charge in [0.2, 0.25) is 0 Å². The Morgan fingerprint density at radius 2 is 2.06 bits per heavy atom. The average Bonchev–Trinajstić information content (AvgIpc) is 2.28. The van der Waals surface area contributed by atoms with Crippen LogP contribution >= 0.6 is 0 Å². The van der Waals surface area contributed by atoms with Crippen LogP contribution in [0.25, 0.3) is 0 Å². The van der Waals surface area contributed by atoms with Crippen LogP contribution in [0.15, 0.2) is 36.4 Å². The molecule has 1 N–H and O–H groups in total. The van der Waals surface area contributed by atoms with Gasteiger partial charge in [-0.05, 0) is 31.9 Å². The molecular weight excluding hydrogens is 239 g/mol. The van der Waals surface area contributed by atoms with Crippen LogP contribution in [-0.2, 0) is 12.6 Å². The third-order valence-corrected chi connectivity index (χ3v) is 2.62. The number of allylic oxidation sites excluding steroid dienone is 1. The van der Waals surface area contributed by atoms with Crippen LogP contribution in [0, 0.1) is 0 Å². The molecule has 1 nitrogen and oxygen atoms in total. The molecule has 0 spiro atoms. The van der Waals surface area contributed by atoms with Gasteiger partial charge in [-0.1, -0.05) is 30.4 Å². The minimum Gasteiger partial charge on any atom is -0.310 e. The molecule has 1 rings (SSSR count). The number of alkyl halides is 3. The zero-order chi connectivity index (χ0) is 13.6. The summed E-state index contributed by atoms with van der Waals surface area (Å²) in [5.41, 5.74) is 0.117. The fourth-order valence-corrected chi connectivity index (χ4v) is 1.69. The predicted molar refractivity (Wildman–Crippen MR) is 67.4 cm³/mol. The van der Waals surface area contributed by atoms with Gasteiger partial charge < -0.3 is 5.32 Å². The fourth-order valence-electron chi connectivity index (χ4n) is 1.69. The number of hydrogen-bond donors (Lipinski definition) is 1. The van der Waals surface area contributed by atoms with Crippen LogP contribution in [-0.4, -0.2) is 12.6 Å². The quantitative estimate of drug-likeness (QED) is 0.791. The number of hydrogen-bond acceptors (Lipinski definition) is 1. The highest BCUT2D eigenvalue weighted by Gasteiger charge is 2.30. The van der Waals surface area contributed by atoms with Crippen LogP contribution in [0.3, 0.4) is 0 Å². The van der Waals surface area contributed by atoms with Crippen LogP contribution in [0.4, 0.5) is 13.2 Å². The highest BCUT2D eigenvalue weighted by atomic mass is 19.4. The van der Waals surface area contributed by atoms with E-state index in [1.165, 1.54) is 12.1 Å². The normalized spacial score (nSPS) is 14.1. The zero-order valence-electron chi connectivity index (χ0n) is 10.6. The van der Waals surface area contributed by atoms with Gasteiger partial charge in [0.15, 0.2) is 0 Å². The van der Waals surface area contributed by atoms with Gasteiger partial charge in [0.1, 0.15) is 0 Å². The Balaban J connectivity index is 2.62. The van der Waals surface area contributed by atoms with E-state index in [-0.39, 0.29) is 6.04 Å². The molecule has 0 amide bonds. The van der Waals surface area contributed by atoms with Gasteiger partial charge in [-0.3, -0.25) is 0 Å². The van der Waals surface area contributed by atoms with E-state index >= 15 is 0 Å². The van der Waals surface area contributed by atoms with Gasteiger partial charge in [-0.25, -0.2) is 0 Å². The molecule has 4 heteroatoms. The molecule has 1 atom stereocenters. The molecule has 1 aromatic rings. The Bertz CT molecular complexity index is 396. The number of halogens is 3. The highest BCUT2D eigenvalue weighted by Crippen LogP contribution is 2.29. The minimum atomic E-state index is -4.27. The third kappa shape index (κ3) is 4.92. The predicted octanol–water partition coefficient (Wildman–Crippen LogP) is 3.80. The second-order valence-corrected chi connectivity index (χ2v) is 4.28. The molecule has 100 valence electrons. The average molecular weight is 257 g/mol. The Labute approximate surface area is 106 Å². The molecule has 0 saturated heterocycles. The van der Waals surface area contributed by atoms with Gasteiger partial charge in [0, 0.05) is 12.6 Å². The molecule has 1 aromatic carbocycles. The Hall–Kier alpha value is -1.29. The lowest BCUT2D eigenvalue weighted by atomic mass is 10.0. The van der Waals surface area contributed by atoms with Crippen LogP contribution < -0.4 is 5.32 Å². The first-order valence-corrected chi connectivity index (χ1v) is 5.94. The third-order valence-electron chi connectivity index (χ3n) is 2.62. The van der Waals surface area contributed by atoms with Crippen LogP contribution in [0.1, 0.15) is 25.0 Å². The molecule has 0 aromatic heterocycles. The van der Waals surface area contributed by atoms with E-state index in [0.717, 1.165) is 12.6 Å². The summed E-state index contributed by atoms with van der Waals surface area (Å²) in [6.45, 7) is 4.62. The molecule has 0 aliphatic carbocycles. The monoisotopic (exact) mass is 257 g/mol. The molecule has 0 aliphatic heterocycles. The van der Waals surface area contributed by atoms with Crippen molar-refractivity contribution in [1.82, 2.24) is 5.32 Å². The minimum absolute atomic E-state index is 0.143. The molecule has 1 unspecified atom stereocenters. The molecule has 0 heterocycles. The van der Waals surface area contributed by atoms with Gasteiger partial charge >= 0.3 is 6.18 Å². The second kappa shape index (κ2) is 6.59. The summed E-state index contributed by atoms with van der Waals surface area (Å²) in [6.07, 6.45) is 0.228. The number of benzene rings is 1. The molecule has 0 bridgehead atoms. The maximum absolute atomic E-state index is 12.5. The van der Waals surface area contributed by atoms with Crippen LogP contribution in [0.5, 0.6) is 0 Å². The van der Waals surface area contributed by atoms with Gasteiger partial charge in [-0.2, -0.15) is 13.2 Å². The smallest absolute Gasteiger partial charge is 0.310 e. The van der Waals surface area contributed by atoms with E-state index in [2.05, 4.69) is 5.32 Å². The fraction of sp³-hybridized carbons (Fsp3) is 0.429. The Kier molecular flexibility index (Phi) is 5.41. The van der Waals surface area contributed by atoms with Gasteiger partial charge in [0.25, 0.3) is 0 Å². The summed E-state index contributed by atoms with van der Waals surface area (Å²) in [5, 5.41) is 3.22. The molecule has 18 heavy (non-hydrogen) atoms. The summed E-state index contributed by atoms with van der Waals surface area (Å²) in [4.78, 5) is 0. The summed E-state index contributed by atoms with van der Waals surface area (Å²) >= 11 is 0. The van der Waals surface area contributed by atoms with Crippen molar-refractivity contribution in [3.8, 4) is 0 Å². The van der Waals surface area contributed by atoms with Crippen molar-refractivity contribution < 1.29 is 13.2 Å². The van der Waals surface area contributed by atoms with E-state index in [1.54, 1.807) is 6.07 Å². The lowest BCUT2D eigenvalue weighted by Crippen LogP contribution is -2.28. The Morgan fingerprint density at radius 1 is 1.33 bits per heavy atom. The lowest BCUT2D eigenvalue weighted by Gasteiger charge is -2.14. The van der Waals surface area contributed by atoms with Crippen molar-refractivity contribution in [2.45, 2.75) is 32.5 Å². The van der Waals surface area contributed by atoms with E-state index in [0.29, 0.717) is 12.0 Å². The van der Waals surface area contributed by atoms with E-state index in [1.807, 2.05) is 26.0 Å². The Morgan fingerprint density at radius 3 is 2.67 bits per heavy atom. The summed E-state index contributed by atoms with van der Waals surface area (Å²) in [7, 11) is 0.